The number of carbonyl (C=O) groups is 1. The number of hydrogen-bond donors (Lipinski definition) is 1. The van der Waals surface area contributed by atoms with Gasteiger partial charge in [-0.2, -0.15) is 8.42 Å². The molecule has 0 saturated carbocycles. The molecule has 0 fully saturated rings. The second-order valence-corrected chi connectivity index (χ2v) is 6.63. The van der Waals surface area contributed by atoms with Gasteiger partial charge in [0, 0.05) is 19.7 Å². The van der Waals surface area contributed by atoms with Crippen LogP contribution in [0.2, 0.25) is 0 Å². The van der Waals surface area contributed by atoms with Crippen molar-refractivity contribution in [2.45, 2.75) is 17.5 Å². The maximum atomic E-state index is 12.7. The Morgan fingerprint density at radius 3 is 2.71 bits per heavy atom. The minimum Gasteiger partial charge on any atom is -0.480 e. The molecule has 0 spiro atoms. The molecule has 2 aromatic rings. The van der Waals surface area contributed by atoms with Crippen LogP contribution in [0.15, 0.2) is 41.8 Å². The number of rotatable bonds is 3. The highest BCUT2D eigenvalue weighted by molar-refractivity contribution is 7.92. The van der Waals surface area contributed by atoms with Gasteiger partial charge >= 0.3 is 5.97 Å². The maximum absolute atomic E-state index is 12.7. The van der Waals surface area contributed by atoms with Crippen molar-refractivity contribution in [3.05, 3.63) is 42.4 Å². The normalized spacial score (nSPS) is 17.8. The molecule has 0 amide bonds. The fourth-order valence-electron chi connectivity index (χ4n) is 2.46. The number of nitrogens with zero attached hydrogens (tertiary/aromatic N) is 3. The predicted octanol–water partition coefficient (Wildman–Crippen LogP) is 0.625. The third-order valence-electron chi connectivity index (χ3n) is 3.41. The van der Waals surface area contributed by atoms with E-state index in [0.29, 0.717) is 11.3 Å². The first-order chi connectivity index (χ1) is 9.91. The van der Waals surface area contributed by atoms with Crippen molar-refractivity contribution in [3.63, 3.8) is 0 Å². The molecule has 1 aromatic carbocycles. The van der Waals surface area contributed by atoms with Gasteiger partial charge in [-0.3, -0.25) is 4.31 Å². The molecule has 1 aromatic heterocycles. The number of carboxylic acid groups (broad SMARTS) is 1. The fraction of sp³-hybridized carbons (Fsp3) is 0.231. The van der Waals surface area contributed by atoms with E-state index >= 15 is 0 Å². The number of carboxylic acids is 1. The third kappa shape index (κ3) is 2.07. The Hall–Kier alpha value is -2.35. The quantitative estimate of drug-likeness (QED) is 0.897. The van der Waals surface area contributed by atoms with E-state index in [1.165, 1.54) is 17.1 Å². The minimum atomic E-state index is -4.00. The summed E-state index contributed by atoms with van der Waals surface area (Å²) in [5.74, 6) is -1.18. The Labute approximate surface area is 121 Å². The van der Waals surface area contributed by atoms with Crippen molar-refractivity contribution < 1.29 is 18.3 Å². The number of benzene rings is 1. The molecule has 0 saturated heterocycles. The Bertz CT molecular complexity index is 812. The van der Waals surface area contributed by atoms with Crippen molar-refractivity contribution >= 4 is 21.7 Å². The highest BCUT2D eigenvalue weighted by Crippen LogP contribution is 2.36. The van der Waals surface area contributed by atoms with E-state index in [9.17, 15) is 18.3 Å². The zero-order valence-electron chi connectivity index (χ0n) is 11.2. The van der Waals surface area contributed by atoms with E-state index in [-0.39, 0.29) is 11.4 Å². The SMILES string of the molecule is Cn1cnc(S(=O)(=O)N2c3ccccc3C[C@H]2C(=O)O)c1. The summed E-state index contributed by atoms with van der Waals surface area (Å²) in [6.45, 7) is 0. The number of imidazole rings is 1. The van der Waals surface area contributed by atoms with Gasteiger partial charge in [0.1, 0.15) is 6.04 Å². The maximum Gasteiger partial charge on any atom is 0.327 e. The van der Waals surface area contributed by atoms with E-state index in [1.54, 1.807) is 31.3 Å². The van der Waals surface area contributed by atoms with Crippen LogP contribution in [0, 0.1) is 0 Å². The smallest absolute Gasteiger partial charge is 0.327 e. The van der Waals surface area contributed by atoms with Crippen LogP contribution in [-0.2, 0) is 28.3 Å². The molecular formula is C13H13N3O4S. The summed E-state index contributed by atoms with van der Waals surface area (Å²) in [5, 5.41) is 9.18. The van der Waals surface area contributed by atoms with Gasteiger partial charge in [0.2, 0.25) is 0 Å². The minimum absolute atomic E-state index is 0.150. The van der Waals surface area contributed by atoms with E-state index in [0.717, 1.165) is 4.31 Å². The summed E-state index contributed by atoms with van der Waals surface area (Å²) >= 11 is 0. The van der Waals surface area contributed by atoms with Gasteiger partial charge in [0.15, 0.2) is 5.03 Å². The van der Waals surface area contributed by atoms with Crippen LogP contribution in [0.4, 0.5) is 5.69 Å². The van der Waals surface area contributed by atoms with Crippen molar-refractivity contribution in [2.75, 3.05) is 4.31 Å². The predicted molar refractivity (Wildman–Crippen MR) is 74.4 cm³/mol. The van der Waals surface area contributed by atoms with Gasteiger partial charge in [0.25, 0.3) is 10.0 Å². The number of hydrogen-bond acceptors (Lipinski definition) is 4. The molecule has 1 atom stereocenters. The van der Waals surface area contributed by atoms with E-state index in [1.807, 2.05) is 0 Å². The molecule has 0 aliphatic carbocycles. The number of para-hydroxylation sites is 1. The number of aryl methyl sites for hydroxylation is 1. The largest absolute Gasteiger partial charge is 0.480 e. The average molecular weight is 307 g/mol. The van der Waals surface area contributed by atoms with Crippen LogP contribution >= 0.6 is 0 Å². The molecule has 8 heteroatoms. The average Bonchev–Trinajstić information content (AvgIpc) is 3.02. The third-order valence-corrected chi connectivity index (χ3v) is 5.12. The van der Waals surface area contributed by atoms with Crippen molar-refractivity contribution in [3.8, 4) is 0 Å². The molecule has 7 nitrogen and oxygen atoms in total. The topological polar surface area (TPSA) is 92.5 Å². The second kappa shape index (κ2) is 4.59. The number of aliphatic carboxylic acids is 1. The molecule has 21 heavy (non-hydrogen) atoms. The van der Waals surface area contributed by atoms with Crippen molar-refractivity contribution in [1.29, 1.82) is 0 Å². The van der Waals surface area contributed by atoms with Crippen LogP contribution in [0.5, 0.6) is 0 Å². The van der Waals surface area contributed by atoms with Crippen LogP contribution in [-0.4, -0.2) is 35.1 Å². The van der Waals surface area contributed by atoms with E-state index < -0.39 is 22.0 Å². The molecule has 0 radical (unpaired) electrons. The summed E-state index contributed by atoms with van der Waals surface area (Å²) in [6.07, 6.45) is 2.87. The lowest BCUT2D eigenvalue weighted by atomic mass is 10.1. The molecule has 2 heterocycles. The standard InChI is InChI=1S/C13H13N3O4S/c1-15-7-12(14-8-15)21(19,20)16-10-5-3-2-4-9(10)6-11(16)13(17)18/h2-5,7-8,11H,6H2,1H3,(H,17,18)/t11-/m0/s1. The highest BCUT2D eigenvalue weighted by Gasteiger charge is 2.43. The fourth-order valence-corrected chi connectivity index (χ4v) is 4.08. The summed E-state index contributed by atoms with van der Waals surface area (Å²) in [7, 11) is -2.35. The molecule has 0 bridgehead atoms. The first kappa shape index (κ1) is 13.6. The monoisotopic (exact) mass is 307 g/mol. The Balaban J connectivity index is 2.16. The lowest BCUT2D eigenvalue weighted by Crippen LogP contribution is -2.42. The highest BCUT2D eigenvalue weighted by atomic mass is 32.2. The molecular weight excluding hydrogens is 294 g/mol. The summed E-state index contributed by atoms with van der Waals surface area (Å²) < 4.78 is 27.9. The Morgan fingerprint density at radius 1 is 1.38 bits per heavy atom. The van der Waals surface area contributed by atoms with Gasteiger partial charge in [-0.1, -0.05) is 18.2 Å². The molecule has 1 aliphatic rings. The lowest BCUT2D eigenvalue weighted by Gasteiger charge is -2.23. The summed E-state index contributed by atoms with van der Waals surface area (Å²) in [5.41, 5.74) is 1.10. The first-order valence-corrected chi connectivity index (χ1v) is 7.68. The number of anilines is 1. The van der Waals surface area contributed by atoms with Gasteiger partial charge in [-0.15, -0.1) is 0 Å². The number of fused-ring (bicyclic) bond motifs is 1. The van der Waals surface area contributed by atoms with Crippen LogP contribution in [0.3, 0.4) is 0 Å². The van der Waals surface area contributed by atoms with Gasteiger partial charge in [0.05, 0.1) is 12.0 Å². The number of sulfonamides is 1. The van der Waals surface area contributed by atoms with Crippen LogP contribution < -0.4 is 4.31 Å². The molecule has 1 aliphatic heterocycles. The van der Waals surface area contributed by atoms with E-state index in [2.05, 4.69) is 4.98 Å². The van der Waals surface area contributed by atoms with Gasteiger partial charge in [-0.05, 0) is 11.6 Å². The molecule has 3 rings (SSSR count). The van der Waals surface area contributed by atoms with Crippen molar-refractivity contribution in [1.82, 2.24) is 9.55 Å². The zero-order chi connectivity index (χ0) is 15.2. The summed E-state index contributed by atoms with van der Waals surface area (Å²) in [6, 6.07) is 5.64. The second-order valence-electron chi connectivity index (χ2n) is 4.87. The lowest BCUT2D eigenvalue weighted by molar-refractivity contribution is -0.138. The van der Waals surface area contributed by atoms with E-state index in [4.69, 9.17) is 0 Å². The summed E-state index contributed by atoms with van der Waals surface area (Å²) in [4.78, 5) is 15.3. The van der Waals surface area contributed by atoms with Crippen molar-refractivity contribution in [2.24, 2.45) is 7.05 Å². The molecule has 110 valence electrons. The Kier molecular flexibility index (Phi) is 2.98. The molecule has 0 unspecified atom stereocenters. The van der Waals surface area contributed by atoms with Gasteiger partial charge < -0.3 is 9.67 Å². The van der Waals surface area contributed by atoms with Gasteiger partial charge in [-0.25, -0.2) is 9.78 Å². The van der Waals surface area contributed by atoms with Crippen LogP contribution in [0.25, 0.3) is 0 Å². The number of aromatic nitrogens is 2. The first-order valence-electron chi connectivity index (χ1n) is 6.24. The zero-order valence-corrected chi connectivity index (χ0v) is 12.0. The molecule has 1 N–H and O–H groups in total. The Morgan fingerprint density at radius 2 is 2.10 bits per heavy atom. The van der Waals surface area contributed by atoms with Crippen LogP contribution in [0.1, 0.15) is 5.56 Å².